The van der Waals surface area contributed by atoms with E-state index in [-0.39, 0.29) is 24.7 Å². The molecule has 0 saturated carbocycles. The third-order valence-corrected chi connectivity index (χ3v) is 4.42. The molecular weight excluding hydrogens is 408 g/mol. The van der Waals surface area contributed by atoms with Gasteiger partial charge in [0.1, 0.15) is 6.10 Å². The number of carbonyl (C=O) groups is 2. The van der Waals surface area contributed by atoms with Crippen LogP contribution < -0.4 is 10.6 Å². The highest BCUT2D eigenvalue weighted by molar-refractivity contribution is 5.74. The molecule has 8 nitrogen and oxygen atoms in total. The Morgan fingerprint density at radius 1 is 1.28 bits per heavy atom. The molecule has 1 unspecified atom stereocenters. The van der Waals surface area contributed by atoms with Crippen molar-refractivity contribution < 1.29 is 19.4 Å². The summed E-state index contributed by atoms with van der Waals surface area (Å²) in [4.78, 5) is 24.6. The van der Waals surface area contributed by atoms with E-state index in [0.717, 1.165) is 50.0 Å². The van der Waals surface area contributed by atoms with Crippen LogP contribution in [0.2, 0.25) is 0 Å². The topological polar surface area (TPSA) is 115 Å². The molecule has 0 aromatic rings. The van der Waals surface area contributed by atoms with Gasteiger partial charge in [-0.15, -0.1) is 0 Å². The lowest BCUT2D eigenvalue weighted by Gasteiger charge is -2.14. The third-order valence-electron chi connectivity index (χ3n) is 4.42. The molecule has 1 fully saturated rings. The van der Waals surface area contributed by atoms with E-state index in [9.17, 15) is 9.59 Å². The molecule has 180 valence electrons. The summed E-state index contributed by atoms with van der Waals surface area (Å²) < 4.78 is 5.28. The quantitative estimate of drug-likeness (QED) is 0.438. The van der Waals surface area contributed by atoms with Gasteiger partial charge in [0.2, 0.25) is 5.91 Å². The molecule has 1 aliphatic heterocycles. The molecular formula is C24H40N4O4. The Kier molecular flexibility index (Phi) is 17.3. The second kappa shape index (κ2) is 18.9. The van der Waals surface area contributed by atoms with E-state index in [1.54, 1.807) is 4.90 Å². The predicted octanol–water partition coefficient (Wildman–Crippen LogP) is 3.76. The summed E-state index contributed by atoms with van der Waals surface area (Å²) in [6.45, 7) is 9.28. The fourth-order valence-electron chi connectivity index (χ4n) is 2.77. The second-order valence-electron chi connectivity index (χ2n) is 7.03. The Bertz CT molecular complexity index is 680. The van der Waals surface area contributed by atoms with Gasteiger partial charge in [0.25, 0.3) is 0 Å². The maximum absolute atomic E-state index is 12.0. The Morgan fingerprint density at radius 2 is 2.03 bits per heavy atom. The van der Waals surface area contributed by atoms with E-state index in [2.05, 4.69) is 29.7 Å². The molecule has 1 atom stereocenters. The minimum Gasteiger partial charge on any atom is -0.442 e. The summed E-state index contributed by atoms with van der Waals surface area (Å²) in [7, 11) is 0. The average molecular weight is 449 g/mol. The van der Waals surface area contributed by atoms with Crippen LogP contribution in [-0.4, -0.2) is 54.4 Å². The first-order valence-corrected chi connectivity index (χ1v) is 11.5. The number of unbranched alkanes of at least 4 members (excludes halogenated alkanes) is 3. The normalized spacial score (nSPS) is 16.7. The number of nitriles is 1. The molecule has 2 rings (SSSR count). The van der Waals surface area contributed by atoms with Gasteiger partial charge in [0, 0.05) is 37.9 Å². The smallest absolute Gasteiger partial charge is 0.414 e. The van der Waals surface area contributed by atoms with Crippen LogP contribution in [0.1, 0.15) is 66.2 Å². The van der Waals surface area contributed by atoms with Crippen LogP contribution in [0.25, 0.3) is 0 Å². The summed E-state index contributed by atoms with van der Waals surface area (Å²) in [5.74, 6) is -0.140. The van der Waals surface area contributed by atoms with Gasteiger partial charge in [-0.25, -0.2) is 4.79 Å². The lowest BCUT2D eigenvalue weighted by atomic mass is 10.2. The molecule has 0 spiro atoms. The molecule has 3 N–H and O–H groups in total. The Labute approximate surface area is 193 Å². The lowest BCUT2D eigenvalue weighted by Crippen LogP contribution is -2.33. The first-order chi connectivity index (χ1) is 15.5. The molecule has 1 aliphatic carbocycles. The van der Waals surface area contributed by atoms with Crippen LogP contribution in [-0.2, 0) is 9.53 Å². The monoisotopic (exact) mass is 448 g/mol. The van der Waals surface area contributed by atoms with E-state index in [0.29, 0.717) is 19.5 Å². The second-order valence-corrected chi connectivity index (χ2v) is 7.03. The number of ether oxygens (including phenoxy) is 1. The number of amides is 2. The van der Waals surface area contributed by atoms with Crippen molar-refractivity contribution in [2.75, 3.05) is 26.2 Å². The third kappa shape index (κ3) is 12.8. The summed E-state index contributed by atoms with van der Waals surface area (Å²) in [5, 5.41) is 22.7. The SMILES string of the molecule is CC.CC(=O)NCC1CN(C2=CCC=C(NCCCCO)C=C2)C(=O)O1.CCCCC#N. The van der Waals surface area contributed by atoms with Crippen LogP contribution >= 0.6 is 0 Å². The molecule has 0 aromatic heterocycles. The van der Waals surface area contributed by atoms with Crippen molar-refractivity contribution >= 4 is 12.0 Å². The molecule has 1 saturated heterocycles. The van der Waals surface area contributed by atoms with Crippen molar-refractivity contribution in [1.82, 2.24) is 15.5 Å². The fraction of sp³-hybridized carbons (Fsp3) is 0.625. The van der Waals surface area contributed by atoms with Crippen LogP contribution in [0.4, 0.5) is 4.79 Å². The number of allylic oxidation sites excluding steroid dienone is 4. The number of cyclic esters (lactones) is 1. The Hall–Kier alpha value is -2.79. The van der Waals surface area contributed by atoms with E-state index >= 15 is 0 Å². The van der Waals surface area contributed by atoms with Crippen molar-refractivity contribution in [1.29, 1.82) is 5.26 Å². The maximum atomic E-state index is 12.0. The predicted molar refractivity (Wildman–Crippen MR) is 126 cm³/mol. The molecule has 1 heterocycles. The highest BCUT2D eigenvalue weighted by Gasteiger charge is 2.32. The molecule has 2 amide bonds. The highest BCUT2D eigenvalue weighted by atomic mass is 16.6. The van der Waals surface area contributed by atoms with Crippen molar-refractivity contribution in [2.24, 2.45) is 0 Å². The molecule has 8 heteroatoms. The molecule has 0 aromatic carbocycles. The van der Waals surface area contributed by atoms with Gasteiger partial charge < -0.3 is 20.5 Å². The van der Waals surface area contributed by atoms with E-state index < -0.39 is 0 Å². The molecule has 0 radical (unpaired) electrons. The first kappa shape index (κ1) is 29.2. The highest BCUT2D eigenvalue weighted by Crippen LogP contribution is 2.20. The van der Waals surface area contributed by atoms with Crippen LogP contribution in [0.5, 0.6) is 0 Å². The summed E-state index contributed by atoms with van der Waals surface area (Å²) >= 11 is 0. The number of hydrogen-bond donors (Lipinski definition) is 3. The number of aliphatic hydroxyl groups is 1. The van der Waals surface area contributed by atoms with Gasteiger partial charge in [-0.2, -0.15) is 5.26 Å². The standard InChI is InChI=1S/C17H25N3O4.C5H9N.C2H6/c1-13(22)19-11-16-12-20(17(23)24-16)15-6-4-5-14(7-8-15)18-9-2-3-10-21;1-2-3-4-5-6;1-2/h5-8,16,18,21H,2-4,9-12H2,1H3,(H,19,22);2-4H2,1H3;1-2H3. The Morgan fingerprint density at radius 3 is 2.62 bits per heavy atom. The zero-order chi connectivity index (χ0) is 24.2. The number of rotatable bonds is 10. The van der Waals surface area contributed by atoms with Gasteiger partial charge in [0.05, 0.1) is 19.2 Å². The maximum Gasteiger partial charge on any atom is 0.414 e. The zero-order valence-corrected chi connectivity index (χ0v) is 20.0. The van der Waals surface area contributed by atoms with E-state index in [1.807, 2.05) is 32.1 Å². The summed E-state index contributed by atoms with van der Waals surface area (Å²) in [5.41, 5.74) is 1.80. The lowest BCUT2D eigenvalue weighted by molar-refractivity contribution is -0.119. The number of nitrogens with zero attached hydrogens (tertiary/aromatic N) is 2. The molecule has 0 bridgehead atoms. The van der Waals surface area contributed by atoms with Crippen molar-refractivity contribution in [2.45, 2.75) is 72.3 Å². The number of aliphatic hydroxyl groups excluding tert-OH is 1. The number of nitrogens with one attached hydrogen (secondary N) is 2. The number of carbonyl (C=O) groups excluding carboxylic acids is 2. The van der Waals surface area contributed by atoms with Crippen LogP contribution in [0, 0.1) is 11.3 Å². The van der Waals surface area contributed by atoms with Crippen molar-refractivity contribution in [3.63, 3.8) is 0 Å². The molecule has 32 heavy (non-hydrogen) atoms. The average Bonchev–Trinajstić information content (AvgIpc) is 3.01. The van der Waals surface area contributed by atoms with Crippen molar-refractivity contribution in [3.8, 4) is 6.07 Å². The Balaban J connectivity index is 0.00000104. The zero-order valence-electron chi connectivity index (χ0n) is 20.0. The fourth-order valence-corrected chi connectivity index (χ4v) is 2.77. The van der Waals surface area contributed by atoms with E-state index in [4.69, 9.17) is 15.1 Å². The summed E-state index contributed by atoms with van der Waals surface area (Å²) in [6, 6.07) is 2.07. The minimum absolute atomic E-state index is 0.140. The van der Waals surface area contributed by atoms with Gasteiger partial charge in [-0.1, -0.05) is 39.3 Å². The van der Waals surface area contributed by atoms with Gasteiger partial charge in [-0.05, 0) is 37.8 Å². The largest absolute Gasteiger partial charge is 0.442 e. The van der Waals surface area contributed by atoms with Gasteiger partial charge in [0.15, 0.2) is 0 Å². The van der Waals surface area contributed by atoms with Crippen LogP contribution in [0.15, 0.2) is 35.7 Å². The minimum atomic E-state index is -0.388. The summed E-state index contributed by atoms with van der Waals surface area (Å²) in [6.07, 6.45) is 12.4. The number of hydrogen-bond acceptors (Lipinski definition) is 6. The van der Waals surface area contributed by atoms with Crippen LogP contribution in [0.3, 0.4) is 0 Å². The van der Waals surface area contributed by atoms with Gasteiger partial charge >= 0.3 is 6.09 Å². The van der Waals surface area contributed by atoms with Gasteiger partial charge in [-0.3, -0.25) is 9.69 Å². The van der Waals surface area contributed by atoms with Crippen molar-refractivity contribution in [3.05, 3.63) is 35.7 Å². The molecule has 2 aliphatic rings. The first-order valence-electron chi connectivity index (χ1n) is 11.5. The van der Waals surface area contributed by atoms with E-state index in [1.165, 1.54) is 6.92 Å².